The van der Waals surface area contributed by atoms with Crippen LogP contribution in [-0.2, 0) is 19.0 Å². The number of rotatable bonds is 5. The first-order valence-electron chi connectivity index (χ1n) is 17.6. The van der Waals surface area contributed by atoms with Gasteiger partial charge in [-0.15, -0.1) is 0 Å². The van der Waals surface area contributed by atoms with Crippen molar-refractivity contribution in [2.75, 3.05) is 7.11 Å². The average molecular weight is 617 g/mol. The smallest absolute Gasteiger partial charge is 0.312 e. The quantitative estimate of drug-likeness (QED) is 0.256. The molecule has 1 aliphatic heterocycles. The van der Waals surface area contributed by atoms with E-state index >= 15 is 0 Å². The molecular weight excluding hydrogens is 556 g/mol. The number of methoxy groups -OCH3 is 1. The molecule has 1 heterocycles. The van der Waals surface area contributed by atoms with Crippen LogP contribution in [0.4, 0.5) is 0 Å². The second-order valence-electron chi connectivity index (χ2n) is 17.5. The Morgan fingerprint density at radius 3 is 2.20 bits per heavy atom. The molecule has 250 valence electrons. The Labute approximate surface area is 265 Å². The van der Waals surface area contributed by atoms with Gasteiger partial charge < -0.3 is 29.5 Å². The number of aliphatic hydroxyl groups is 3. The van der Waals surface area contributed by atoms with Gasteiger partial charge in [-0.05, 0) is 129 Å². The van der Waals surface area contributed by atoms with Crippen molar-refractivity contribution in [2.24, 2.45) is 56.7 Å². The zero-order chi connectivity index (χ0) is 32.2. The van der Waals surface area contributed by atoms with Gasteiger partial charge in [-0.2, -0.15) is 0 Å². The molecule has 6 fully saturated rings. The molecule has 0 unspecified atom stereocenters. The predicted molar refractivity (Wildman–Crippen MR) is 168 cm³/mol. The molecule has 3 N–H and O–H groups in total. The summed E-state index contributed by atoms with van der Waals surface area (Å²) in [4.78, 5) is 13.5. The number of hydrogen-bond donors (Lipinski definition) is 3. The number of aliphatic hydroxyl groups excluding tert-OH is 3. The Morgan fingerprint density at radius 1 is 0.886 bits per heavy atom. The summed E-state index contributed by atoms with van der Waals surface area (Å²) in [6.45, 7) is 20.6. The summed E-state index contributed by atoms with van der Waals surface area (Å²) < 4.78 is 17.9. The highest BCUT2D eigenvalue weighted by molar-refractivity contribution is 5.78. The highest BCUT2D eigenvalue weighted by atomic mass is 16.7. The second-order valence-corrected chi connectivity index (χ2v) is 17.5. The Bertz CT molecular complexity index is 1150. The van der Waals surface area contributed by atoms with Crippen LogP contribution in [0.25, 0.3) is 0 Å². The maximum atomic E-state index is 13.5. The Hall–Kier alpha value is -0.990. The van der Waals surface area contributed by atoms with Crippen LogP contribution in [0.5, 0.6) is 0 Å². The molecule has 0 spiro atoms. The molecule has 0 radical (unpaired) electrons. The number of ether oxygens (including phenoxy) is 3. The van der Waals surface area contributed by atoms with Crippen LogP contribution in [0, 0.1) is 56.7 Å². The molecule has 0 aromatic heterocycles. The van der Waals surface area contributed by atoms with Crippen molar-refractivity contribution >= 4 is 5.97 Å². The van der Waals surface area contributed by atoms with Crippen LogP contribution in [0.15, 0.2) is 12.2 Å². The summed E-state index contributed by atoms with van der Waals surface area (Å²) in [7, 11) is 1.57. The van der Waals surface area contributed by atoms with Gasteiger partial charge >= 0.3 is 5.97 Å². The van der Waals surface area contributed by atoms with Crippen molar-refractivity contribution in [3.8, 4) is 0 Å². The second kappa shape index (κ2) is 10.8. The SMILES string of the molecule is C=C(C)[C@@H]1CC[C@]2(C(=O)OC)CC[C@]3(C)[C@H](CC[C@@H]4[C@@]5(C)CC[C@H](O[C@@H]6O[C@@H]([C@@H](C)O)[C@H](O)[C@H]6O)C(C)(C)[C@@H]5CC[C@]43C)[C@@H]12. The number of fused-ring (bicyclic) bond motifs is 7. The van der Waals surface area contributed by atoms with Crippen molar-refractivity contribution in [2.45, 2.75) is 149 Å². The topological polar surface area (TPSA) is 105 Å². The van der Waals surface area contributed by atoms with E-state index in [1.165, 1.54) is 18.4 Å². The zero-order valence-electron chi connectivity index (χ0n) is 28.6. The van der Waals surface area contributed by atoms with E-state index in [1.54, 1.807) is 14.0 Å². The first-order valence-corrected chi connectivity index (χ1v) is 17.6. The van der Waals surface area contributed by atoms with Crippen molar-refractivity contribution in [1.82, 2.24) is 0 Å². The molecular formula is C37H60O7. The maximum Gasteiger partial charge on any atom is 0.312 e. The van der Waals surface area contributed by atoms with Gasteiger partial charge in [-0.1, -0.05) is 46.8 Å². The molecule has 1 saturated heterocycles. The first kappa shape index (κ1) is 32.9. The minimum atomic E-state index is -1.18. The van der Waals surface area contributed by atoms with Crippen LogP contribution < -0.4 is 0 Å². The lowest BCUT2D eigenvalue weighted by Gasteiger charge is -2.73. The summed E-state index contributed by atoms with van der Waals surface area (Å²) in [5.74, 6) is 2.24. The molecule has 0 aromatic rings. The number of carbonyl (C=O) groups excluding carboxylic acids is 1. The molecule has 5 saturated carbocycles. The standard InChI is InChI=1S/C37H60O7/c1-20(2)22-12-17-37(32(41)42-9)19-18-35(7)23(27(22)37)10-11-25-34(6)15-14-26(33(4,5)24(34)13-16-36(25,35)8)43-31-29(40)28(39)30(44-31)21(3)38/h21-31,38-40H,1,10-19H2,2-9H3/t21-,22+,23-,24+,25-,26+,27-,28-,29-,30+,31-,34+,35-,36-,37+/m1/s1. The molecule has 5 aliphatic carbocycles. The molecule has 15 atom stereocenters. The molecule has 0 amide bonds. The van der Waals surface area contributed by atoms with Gasteiger partial charge in [-0.25, -0.2) is 0 Å². The number of allylic oxidation sites excluding steroid dienone is 1. The monoisotopic (exact) mass is 616 g/mol. The third-order valence-electron chi connectivity index (χ3n) is 15.6. The van der Waals surface area contributed by atoms with Crippen molar-refractivity contribution in [3.05, 3.63) is 12.2 Å². The minimum absolute atomic E-state index is 0.0139. The van der Waals surface area contributed by atoms with Crippen molar-refractivity contribution in [1.29, 1.82) is 0 Å². The fourth-order valence-electron chi connectivity index (χ4n) is 13.3. The minimum Gasteiger partial charge on any atom is -0.469 e. The normalized spacial score (nSPS) is 53.5. The number of hydrogen-bond acceptors (Lipinski definition) is 7. The summed E-state index contributed by atoms with van der Waals surface area (Å²) in [6, 6.07) is 0. The van der Waals surface area contributed by atoms with E-state index in [0.717, 1.165) is 51.4 Å². The highest BCUT2D eigenvalue weighted by Gasteiger charge is 2.72. The summed E-state index contributed by atoms with van der Waals surface area (Å²) >= 11 is 0. The molecule has 7 heteroatoms. The molecule has 44 heavy (non-hydrogen) atoms. The predicted octanol–water partition coefficient (Wildman–Crippen LogP) is 6.03. The largest absolute Gasteiger partial charge is 0.469 e. The third kappa shape index (κ3) is 4.27. The van der Waals surface area contributed by atoms with Crippen LogP contribution >= 0.6 is 0 Å². The Balaban J connectivity index is 1.27. The van der Waals surface area contributed by atoms with E-state index < -0.39 is 30.7 Å². The third-order valence-corrected chi connectivity index (χ3v) is 15.6. The molecule has 0 bridgehead atoms. The molecule has 0 aromatic carbocycles. The van der Waals surface area contributed by atoms with E-state index in [2.05, 4.69) is 48.1 Å². The summed E-state index contributed by atoms with van der Waals surface area (Å²) in [6.07, 6.45) is 5.43. The summed E-state index contributed by atoms with van der Waals surface area (Å²) in [5.41, 5.74) is 1.20. The summed E-state index contributed by atoms with van der Waals surface area (Å²) in [5, 5.41) is 31.3. The molecule has 6 rings (SSSR count). The molecule has 6 aliphatic rings. The van der Waals surface area contributed by atoms with E-state index in [9.17, 15) is 20.1 Å². The van der Waals surface area contributed by atoms with Crippen LogP contribution in [-0.4, -0.2) is 65.2 Å². The number of carbonyl (C=O) groups is 1. The lowest BCUT2D eigenvalue weighted by molar-refractivity contribution is -0.275. The highest BCUT2D eigenvalue weighted by Crippen LogP contribution is 2.77. The van der Waals surface area contributed by atoms with Crippen molar-refractivity contribution < 1.29 is 34.3 Å². The zero-order valence-corrected chi connectivity index (χ0v) is 28.6. The van der Waals surface area contributed by atoms with Crippen LogP contribution in [0.3, 0.4) is 0 Å². The van der Waals surface area contributed by atoms with Gasteiger partial charge in [-0.3, -0.25) is 4.79 Å². The van der Waals surface area contributed by atoms with Gasteiger partial charge in [0.25, 0.3) is 0 Å². The first-order chi connectivity index (χ1) is 20.5. The van der Waals surface area contributed by atoms with E-state index in [1.807, 2.05) is 0 Å². The van der Waals surface area contributed by atoms with Gasteiger partial charge in [0.2, 0.25) is 0 Å². The van der Waals surface area contributed by atoms with E-state index in [-0.39, 0.29) is 39.1 Å². The van der Waals surface area contributed by atoms with Gasteiger partial charge in [0.1, 0.15) is 18.3 Å². The van der Waals surface area contributed by atoms with Gasteiger partial charge in [0, 0.05) is 0 Å². The van der Waals surface area contributed by atoms with E-state index in [4.69, 9.17) is 14.2 Å². The Kier molecular flexibility index (Phi) is 8.06. The lowest BCUT2D eigenvalue weighted by Crippen LogP contribution is -2.67. The fraction of sp³-hybridized carbons (Fsp3) is 0.919. The van der Waals surface area contributed by atoms with Crippen LogP contribution in [0.1, 0.15) is 113 Å². The molecule has 7 nitrogen and oxygen atoms in total. The van der Waals surface area contributed by atoms with Crippen molar-refractivity contribution in [3.63, 3.8) is 0 Å². The van der Waals surface area contributed by atoms with E-state index in [0.29, 0.717) is 29.6 Å². The van der Waals surface area contributed by atoms with Gasteiger partial charge in [0.05, 0.1) is 24.7 Å². The lowest BCUT2D eigenvalue weighted by atomic mass is 9.32. The Morgan fingerprint density at radius 2 is 1.59 bits per heavy atom. The van der Waals surface area contributed by atoms with Crippen LogP contribution in [0.2, 0.25) is 0 Å². The number of esters is 1. The fourth-order valence-corrected chi connectivity index (χ4v) is 13.3. The van der Waals surface area contributed by atoms with Gasteiger partial charge in [0.15, 0.2) is 6.29 Å². The average Bonchev–Trinajstić information content (AvgIpc) is 3.49. The maximum absolute atomic E-state index is 13.5.